The fourth-order valence-electron chi connectivity index (χ4n) is 2.10. The number of hydrogen-bond donors (Lipinski definition) is 1. The maximum atomic E-state index is 12.2. The topological polar surface area (TPSA) is 15.3 Å². The van der Waals surface area contributed by atoms with Gasteiger partial charge in [0, 0.05) is 12.6 Å². The summed E-state index contributed by atoms with van der Waals surface area (Å²) in [7, 11) is 1.74. The second-order valence-electron chi connectivity index (χ2n) is 4.98. The molecule has 1 aromatic rings. The first-order chi connectivity index (χ1) is 9.42. The molecular weight excluding hydrogens is 265 g/mol. The number of rotatable bonds is 8. The van der Waals surface area contributed by atoms with Crippen molar-refractivity contribution in [1.29, 1.82) is 0 Å². The van der Waals surface area contributed by atoms with E-state index in [1.54, 1.807) is 11.9 Å². The zero-order valence-electron chi connectivity index (χ0n) is 12.1. The molecule has 0 aliphatic rings. The molecule has 0 aromatic heterocycles. The highest BCUT2D eigenvalue weighted by Crippen LogP contribution is 2.20. The molecule has 2 nitrogen and oxygen atoms in total. The molecule has 1 aromatic carbocycles. The van der Waals surface area contributed by atoms with Crippen molar-refractivity contribution in [3.63, 3.8) is 0 Å². The molecule has 20 heavy (non-hydrogen) atoms. The van der Waals surface area contributed by atoms with Gasteiger partial charge in [-0.25, -0.2) is 0 Å². The summed E-state index contributed by atoms with van der Waals surface area (Å²) in [6.45, 7) is 3.56. The van der Waals surface area contributed by atoms with Crippen molar-refractivity contribution in [2.45, 2.75) is 32.0 Å². The minimum Gasteiger partial charge on any atom is -0.310 e. The molecule has 0 aliphatic carbocycles. The molecule has 0 aliphatic heterocycles. The molecule has 0 radical (unpaired) electrons. The predicted molar refractivity (Wildman–Crippen MR) is 75.6 cm³/mol. The summed E-state index contributed by atoms with van der Waals surface area (Å²) >= 11 is 0. The van der Waals surface area contributed by atoms with E-state index in [1.807, 2.05) is 37.3 Å². The van der Waals surface area contributed by atoms with Crippen molar-refractivity contribution in [3.05, 3.63) is 35.9 Å². The van der Waals surface area contributed by atoms with Gasteiger partial charge in [-0.05, 0) is 32.1 Å². The molecule has 0 saturated heterocycles. The van der Waals surface area contributed by atoms with Crippen LogP contribution >= 0.6 is 0 Å². The zero-order chi connectivity index (χ0) is 15.0. The summed E-state index contributed by atoms with van der Waals surface area (Å²) in [6, 6.07) is 10.2. The van der Waals surface area contributed by atoms with Crippen molar-refractivity contribution in [2.24, 2.45) is 0 Å². The zero-order valence-corrected chi connectivity index (χ0v) is 12.1. The van der Waals surface area contributed by atoms with Crippen LogP contribution in [0.4, 0.5) is 13.2 Å². The Bertz CT molecular complexity index is 365. The van der Waals surface area contributed by atoms with Crippen LogP contribution in [0.25, 0.3) is 0 Å². The Balaban J connectivity index is 2.43. The van der Waals surface area contributed by atoms with Crippen molar-refractivity contribution < 1.29 is 13.2 Å². The van der Waals surface area contributed by atoms with Gasteiger partial charge < -0.3 is 10.2 Å². The normalized spacial score (nSPS) is 13.7. The minimum absolute atomic E-state index is 0.0527. The molecule has 1 rings (SSSR count). The van der Waals surface area contributed by atoms with Crippen LogP contribution in [0.3, 0.4) is 0 Å². The first-order valence-electron chi connectivity index (χ1n) is 6.96. The molecule has 0 bridgehead atoms. The largest absolute Gasteiger partial charge is 0.390 e. The SMILES string of the molecule is CCNC(CCN(C)CCC(F)(F)F)c1ccccc1. The van der Waals surface area contributed by atoms with E-state index in [1.165, 1.54) is 5.56 Å². The van der Waals surface area contributed by atoms with Gasteiger partial charge in [-0.1, -0.05) is 37.3 Å². The van der Waals surface area contributed by atoms with Crippen LogP contribution in [0.15, 0.2) is 30.3 Å². The van der Waals surface area contributed by atoms with Crippen LogP contribution in [0.2, 0.25) is 0 Å². The highest BCUT2D eigenvalue weighted by molar-refractivity contribution is 5.18. The third-order valence-corrected chi connectivity index (χ3v) is 3.23. The minimum atomic E-state index is -4.07. The standard InChI is InChI=1S/C15H23F3N2/c1-3-19-14(13-7-5-4-6-8-13)9-11-20(2)12-10-15(16,17)18/h4-8,14,19H,3,9-12H2,1-2H3. The molecule has 0 heterocycles. The van der Waals surface area contributed by atoms with Crippen LogP contribution in [0.5, 0.6) is 0 Å². The lowest BCUT2D eigenvalue weighted by Gasteiger charge is -2.23. The fourth-order valence-corrected chi connectivity index (χ4v) is 2.10. The Morgan fingerprint density at radius 1 is 1.15 bits per heavy atom. The molecule has 0 fully saturated rings. The first-order valence-corrected chi connectivity index (χ1v) is 6.96. The summed E-state index contributed by atoms with van der Waals surface area (Å²) in [5, 5.41) is 3.38. The number of alkyl halides is 3. The molecule has 5 heteroatoms. The van der Waals surface area contributed by atoms with E-state index in [-0.39, 0.29) is 12.6 Å². The molecule has 1 unspecified atom stereocenters. The highest BCUT2D eigenvalue weighted by atomic mass is 19.4. The van der Waals surface area contributed by atoms with Gasteiger partial charge in [-0.2, -0.15) is 13.2 Å². The highest BCUT2D eigenvalue weighted by Gasteiger charge is 2.27. The van der Waals surface area contributed by atoms with Crippen LogP contribution in [0, 0.1) is 0 Å². The van der Waals surface area contributed by atoms with E-state index >= 15 is 0 Å². The van der Waals surface area contributed by atoms with Gasteiger partial charge in [0.15, 0.2) is 0 Å². The quantitative estimate of drug-likeness (QED) is 0.786. The average Bonchev–Trinajstić information content (AvgIpc) is 2.41. The molecule has 0 saturated carbocycles. The lowest BCUT2D eigenvalue weighted by atomic mass is 10.0. The summed E-state index contributed by atoms with van der Waals surface area (Å²) < 4.78 is 36.5. The Hall–Kier alpha value is -1.07. The third kappa shape index (κ3) is 6.91. The number of benzene rings is 1. The van der Waals surface area contributed by atoms with Crippen LogP contribution in [-0.2, 0) is 0 Å². The monoisotopic (exact) mass is 288 g/mol. The Labute approximate surface area is 119 Å². The Kier molecular flexibility index (Phi) is 7.02. The Morgan fingerprint density at radius 3 is 2.35 bits per heavy atom. The second kappa shape index (κ2) is 8.27. The van der Waals surface area contributed by atoms with E-state index in [9.17, 15) is 13.2 Å². The summed E-state index contributed by atoms with van der Waals surface area (Å²) in [5.41, 5.74) is 1.18. The maximum Gasteiger partial charge on any atom is 0.390 e. The average molecular weight is 288 g/mol. The summed E-state index contributed by atoms with van der Waals surface area (Å²) in [5.74, 6) is 0. The number of nitrogens with zero attached hydrogens (tertiary/aromatic N) is 1. The molecule has 0 amide bonds. The van der Waals surface area contributed by atoms with E-state index in [4.69, 9.17) is 0 Å². The van der Waals surface area contributed by atoms with Crippen LogP contribution < -0.4 is 5.32 Å². The second-order valence-corrected chi connectivity index (χ2v) is 4.98. The lowest BCUT2D eigenvalue weighted by molar-refractivity contribution is -0.137. The van der Waals surface area contributed by atoms with Crippen molar-refractivity contribution in [1.82, 2.24) is 10.2 Å². The van der Waals surface area contributed by atoms with Crippen molar-refractivity contribution >= 4 is 0 Å². The molecule has 1 atom stereocenters. The summed E-state index contributed by atoms with van der Waals surface area (Å²) in [6.07, 6.45) is -4.03. The fraction of sp³-hybridized carbons (Fsp3) is 0.600. The van der Waals surface area contributed by atoms with E-state index in [2.05, 4.69) is 5.32 Å². The van der Waals surface area contributed by atoms with Gasteiger partial charge in [0.05, 0.1) is 6.42 Å². The summed E-state index contributed by atoms with van der Waals surface area (Å²) in [4.78, 5) is 1.74. The van der Waals surface area contributed by atoms with Gasteiger partial charge in [-0.3, -0.25) is 0 Å². The van der Waals surface area contributed by atoms with E-state index < -0.39 is 12.6 Å². The predicted octanol–water partition coefficient (Wildman–Crippen LogP) is 3.61. The van der Waals surface area contributed by atoms with Gasteiger partial charge >= 0.3 is 6.18 Å². The van der Waals surface area contributed by atoms with Gasteiger partial charge in [0.25, 0.3) is 0 Å². The van der Waals surface area contributed by atoms with Crippen LogP contribution in [-0.4, -0.2) is 37.8 Å². The molecule has 114 valence electrons. The maximum absolute atomic E-state index is 12.2. The van der Waals surface area contributed by atoms with E-state index in [0.717, 1.165) is 13.0 Å². The molecule has 1 N–H and O–H groups in total. The van der Waals surface area contributed by atoms with Crippen molar-refractivity contribution in [2.75, 3.05) is 26.7 Å². The molecule has 0 spiro atoms. The third-order valence-electron chi connectivity index (χ3n) is 3.23. The number of halogens is 3. The van der Waals surface area contributed by atoms with Gasteiger partial charge in [-0.15, -0.1) is 0 Å². The van der Waals surface area contributed by atoms with Gasteiger partial charge in [0.1, 0.15) is 0 Å². The number of hydrogen-bond acceptors (Lipinski definition) is 2. The lowest BCUT2D eigenvalue weighted by Crippen LogP contribution is -2.29. The van der Waals surface area contributed by atoms with Crippen LogP contribution in [0.1, 0.15) is 31.4 Å². The van der Waals surface area contributed by atoms with Crippen molar-refractivity contribution in [3.8, 4) is 0 Å². The molecular formula is C15H23F3N2. The number of nitrogens with one attached hydrogen (secondary N) is 1. The smallest absolute Gasteiger partial charge is 0.310 e. The Morgan fingerprint density at radius 2 is 1.80 bits per heavy atom. The van der Waals surface area contributed by atoms with Gasteiger partial charge in [0.2, 0.25) is 0 Å². The first kappa shape index (κ1) is 17.0. The van der Waals surface area contributed by atoms with E-state index in [0.29, 0.717) is 6.54 Å².